The van der Waals surface area contributed by atoms with Crippen molar-refractivity contribution in [1.29, 1.82) is 0 Å². The van der Waals surface area contributed by atoms with Gasteiger partial charge in [-0.05, 0) is 29.1 Å². The molecular weight excluding hydrogens is 283 g/mol. The summed E-state index contributed by atoms with van der Waals surface area (Å²) in [5.41, 5.74) is 4.03. The molecule has 4 saturated carbocycles. The predicted molar refractivity (Wildman–Crippen MR) is 64.6 cm³/mol. The number of imidazole rings is 1. The standard InChI is InChI=1S/C14H14F3N3O/c1-4-6-11(2,10-19-3-5(20-10)14(15,16)17)7-8-12(4,9(18)21)13(6,7)8/h3-4,6-8H,1-2H3,(H2,18,21)(H,19,20). The van der Waals surface area contributed by atoms with Gasteiger partial charge in [-0.1, -0.05) is 13.8 Å². The second kappa shape index (κ2) is 2.61. The van der Waals surface area contributed by atoms with Crippen LogP contribution in [0.25, 0.3) is 0 Å². The number of aromatic nitrogens is 2. The van der Waals surface area contributed by atoms with Gasteiger partial charge in [0.15, 0.2) is 0 Å². The Morgan fingerprint density at radius 1 is 1.38 bits per heavy atom. The van der Waals surface area contributed by atoms with Crippen molar-refractivity contribution < 1.29 is 18.0 Å². The quantitative estimate of drug-likeness (QED) is 0.872. The Hall–Kier alpha value is -1.53. The summed E-state index contributed by atoms with van der Waals surface area (Å²) in [5.74, 6) is 1.07. The zero-order chi connectivity index (χ0) is 15.2. The molecule has 4 aliphatic rings. The Morgan fingerprint density at radius 3 is 2.48 bits per heavy atom. The largest absolute Gasteiger partial charge is 0.432 e. The number of primary amides is 1. The summed E-state index contributed by atoms with van der Waals surface area (Å²) in [6.07, 6.45) is -3.54. The summed E-state index contributed by atoms with van der Waals surface area (Å²) in [5, 5.41) is 0. The van der Waals surface area contributed by atoms with Gasteiger partial charge in [0.05, 0.1) is 11.6 Å². The highest BCUT2D eigenvalue weighted by Crippen LogP contribution is 3.14. The second-order valence-electron chi connectivity index (χ2n) is 7.31. The number of halogens is 3. The Kier molecular flexibility index (Phi) is 1.50. The Bertz CT molecular complexity index is 723. The average Bonchev–Trinajstić information content (AvgIpc) is 3.02. The summed E-state index contributed by atoms with van der Waals surface area (Å²) in [7, 11) is 0. The Balaban J connectivity index is 1.52. The molecule has 5 rings (SSSR count). The van der Waals surface area contributed by atoms with Crippen molar-refractivity contribution in [2.75, 3.05) is 0 Å². The third-order valence-electron chi connectivity index (χ3n) is 7.20. The number of hydrogen-bond acceptors (Lipinski definition) is 2. The minimum atomic E-state index is -4.41. The Morgan fingerprint density at radius 2 is 2.05 bits per heavy atom. The fraction of sp³-hybridized carbons (Fsp3) is 0.714. The van der Waals surface area contributed by atoms with E-state index in [1.165, 1.54) is 0 Å². The van der Waals surface area contributed by atoms with E-state index in [1.807, 2.05) is 13.8 Å². The highest BCUT2D eigenvalue weighted by Gasteiger charge is 3.16. The lowest BCUT2D eigenvalue weighted by atomic mass is 9.34. The van der Waals surface area contributed by atoms with E-state index in [1.54, 1.807) is 0 Å². The number of rotatable bonds is 2. The summed E-state index contributed by atoms with van der Waals surface area (Å²) in [6, 6.07) is 0. The lowest BCUT2D eigenvalue weighted by Crippen LogP contribution is -2.72. The molecule has 1 amide bonds. The van der Waals surface area contributed by atoms with Gasteiger partial charge < -0.3 is 10.7 Å². The molecule has 1 heterocycles. The predicted octanol–water partition coefficient (Wildman–Crippen LogP) is 1.68. The molecule has 1 aromatic heterocycles. The topological polar surface area (TPSA) is 71.8 Å². The highest BCUT2D eigenvalue weighted by atomic mass is 19.4. The van der Waals surface area contributed by atoms with E-state index < -0.39 is 11.9 Å². The van der Waals surface area contributed by atoms with Gasteiger partial charge in [-0.2, -0.15) is 13.2 Å². The van der Waals surface area contributed by atoms with Gasteiger partial charge in [-0.15, -0.1) is 0 Å². The molecule has 112 valence electrons. The van der Waals surface area contributed by atoms with Crippen molar-refractivity contribution in [3.05, 3.63) is 17.7 Å². The van der Waals surface area contributed by atoms with Crippen molar-refractivity contribution in [2.24, 2.45) is 40.2 Å². The zero-order valence-electron chi connectivity index (χ0n) is 11.5. The lowest BCUT2D eigenvalue weighted by molar-refractivity contribution is -0.202. The van der Waals surface area contributed by atoms with E-state index in [9.17, 15) is 18.0 Å². The van der Waals surface area contributed by atoms with Gasteiger partial charge in [0.25, 0.3) is 0 Å². The van der Waals surface area contributed by atoms with E-state index >= 15 is 0 Å². The van der Waals surface area contributed by atoms with Crippen LogP contribution >= 0.6 is 0 Å². The molecule has 21 heavy (non-hydrogen) atoms. The molecule has 0 aliphatic heterocycles. The van der Waals surface area contributed by atoms with Crippen LogP contribution in [0.4, 0.5) is 13.2 Å². The van der Waals surface area contributed by atoms with Gasteiger partial charge in [0, 0.05) is 5.41 Å². The number of H-pyrrole nitrogens is 1. The lowest BCUT2D eigenvalue weighted by Gasteiger charge is -2.68. The molecule has 0 radical (unpaired) electrons. The van der Waals surface area contributed by atoms with Crippen molar-refractivity contribution in [1.82, 2.24) is 9.97 Å². The van der Waals surface area contributed by atoms with E-state index in [2.05, 4.69) is 9.97 Å². The first-order valence-electron chi connectivity index (χ1n) is 7.09. The number of hydrogen-bond donors (Lipinski definition) is 2. The molecule has 4 fully saturated rings. The first-order chi connectivity index (χ1) is 9.67. The van der Waals surface area contributed by atoms with E-state index in [4.69, 9.17) is 5.73 Å². The summed E-state index contributed by atoms with van der Waals surface area (Å²) < 4.78 is 38.2. The number of nitrogens with two attached hydrogens (primary N) is 1. The van der Waals surface area contributed by atoms with Gasteiger partial charge >= 0.3 is 6.18 Å². The van der Waals surface area contributed by atoms with Crippen molar-refractivity contribution in [2.45, 2.75) is 25.4 Å². The smallest absolute Gasteiger partial charge is 0.369 e. The van der Waals surface area contributed by atoms with Crippen LogP contribution in [-0.2, 0) is 16.4 Å². The number of carbonyl (C=O) groups is 1. The first-order valence-corrected chi connectivity index (χ1v) is 7.09. The van der Waals surface area contributed by atoms with Gasteiger partial charge in [0.1, 0.15) is 11.5 Å². The number of aromatic amines is 1. The molecule has 1 aromatic rings. The molecule has 7 heteroatoms. The number of nitrogens with zero attached hydrogens (tertiary/aromatic N) is 1. The van der Waals surface area contributed by atoms with E-state index in [0.717, 1.165) is 6.20 Å². The van der Waals surface area contributed by atoms with Crippen molar-refractivity contribution in [3.63, 3.8) is 0 Å². The summed E-state index contributed by atoms with van der Waals surface area (Å²) in [4.78, 5) is 18.1. The molecule has 0 saturated heterocycles. The van der Waals surface area contributed by atoms with E-state index in [-0.39, 0.29) is 45.8 Å². The number of fused-ring (bicyclic) bond motifs is 2. The maximum Gasteiger partial charge on any atom is 0.432 e. The maximum atomic E-state index is 12.7. The Labute approximate surface area is 118 Å². The molecular formula is C14H14F3N3O. The molecule has 7 unspecified atom stereocenters. The summed E-state index contributed by atoms with van der Waals surface area (Å²) in [6.45, 7) is 3.97. The minimum absolute atomic E-state index is 0.0121. The SMILES string of the molecule is CC1C2C(C)(c3ncc(C(F)(F)F)[nH]3)C3C4C1(C(N)=O)C234. The molecule has 1 spiro atoms. The zero-order valence-corrected chi connectivity index (χ0v) is 11.5. The minimum Gasteiger partial charge on any atom is -0.369 e. The van der Waals surface area contributed by atoms with Crippen molar-refractivity contribution in [3.8, 4) is 0 Å². The fourth-order valence-electron chi connectivity index (χ4n) is 6.89. The molecule has 4 nitrogen and oxygen atoms in total. The van der Waals surface area contributed by atoms with Crippen LogP contribution < -0.4 is 5.73 Å². The molecule has 3 N–H and O–H groups in total. The third-order valence-corrected chi connectivity index (χ3v) is 7.20. The van der Waals surface area contributed by atoms with Crippen LogP contribution in [0, 0.1) is 34.5 Å². The molecule has 4 aliphatic carbocycles. The fourth-order valence-corrected chi connectivity index (χ4v) is 6.89. The number of amides is 1. The third kappa shape index (κ3) is 0.774. The number of alkyl halides is 3. The van der Waals surface area contributed by atoms with Crippen LogP contribution in [0.5, 0.6) is 0 Å². The van der Waals surface area contributed by atoms with Gasteiger partial charge in [-0.3, -0.25) is 4.79 Å². The maximum absolute atomic E-state index is 12.7. The average molecular weight is 297 g/mol. The summed E-state index contributed by atoms with van der Waals surface area (Å²) >= 11 is 0. The first kappa shape index (κ1) is 12.1. The van der Waals surface area contributed by atoms with Crippen LogP contribution in [0.3, 0.4) is 0 Å². The second-order valence-corrected chi connectivity index (χ2v) is 7.31. The van der Waals surface area contributed by atoms with Crippen LogP contribution in [0.15, 0.2) is 6.20 Å². The molecule has 7 atom stereocenters. The monoisotopic (exact) mass is 297 g/mol. The van der Waals surface area contributed by atoms with Crippen molar-refractivity contribution >= 4 is 5.91 Å². The number of nitrogens with one attached hydrogen (secondary N) is 1. The van der Waals surface area contributed by atoms with Gasteiger partial charge in [0.2, 0.25) is 5.91 Å². The van der Waals surface area contributed by atoms with Crippen LogP contribution in [-0.4, -0.2) is 15.9 Å². The molecule has 0 aromatic carbocycles. The normalized spacial score (nSPS) is 54.9. The van der Waals surface area contributed by atoms with Crippen LogP contribution in [0.2, 0.25) is 0 Å². The number of carbonyl (C=O) groups excluding carboxylic acids is 1. The van der Waals surface area contributed by atoms with E-state index in [0.29, 0.717) is 5.82 Å². The highest BCUT2D eigenvalue weighted by molar-refractivity contribution is 5.95. The molecule has 0 bridgehead atoms. The van der Waals surface area contributed by atoms with Gasteiger partial charge in [-0.25, -0.2) is 4.98 Å². The van der Waals surface area contributed by atoms with Crippen LogP contribution in [0.1, 0.15) is 25.4 Å².